The van der Waals surface area contributed by atoms with E-state index in [1.807, 2.05) is 114 Å². The van der Waals surface area contributed by atoms with Crippen LogP contribution in [-0.2, 0) is 45.8 Å². The Balaban J connectivity index is 0.972. The molecule has 1 fully saturated rings. The molecule has 5 N–H and O–H groups in total. The summed E-state index contributed by atoms with van der Waals surface area (Å²) in [7, 11) is 0. The Morgan fingerprint density at radius 3 is 2.16 bits per heavy atom. The number of H-pyrrole nitrogens is 1. The number of rotatable bonds is 18. The van der Waals surface area contributed by atoms with Crippen molar-refractivity contribution in [2.45, 2.75) is 56.8 Å². The number of aromatic nitrogens is 1. The lowest BCUT2D eigenvalue weighted by molar-refractivity contribution is -0.148. The topological polar surface area (TPSA) is 172 Å². The first kappa shape index (κ1) is 43.3. The quantitative estimate of drug-likeness (QED) is 0.0625. The van der Waals surface area contributed by atoms with Crippen molar-refractivity contribution in [3.8, 4) is 11.5 Å². The third kappa shape index (κ3) is 10.6. The molecule has 12 nitrogen and oxygen atoms in total. The number of fused-ring (bicyclic) bond motifs is 1. The van der Waals surface area contributed by atoms with E-state index in [4.69, 9.17) is 4.74 Å². The van der Waals surface area contributed by atoms with Gasteiger partial charge in [-0.05, 0) is 71.8 Å². The molecule has 0 unspecified atom stereocenters. The number of hydrogen-bond donors (Lipinski definition) is 5. The van der Waals surface area contributed by atoms with E-state index in [1.54, 1.807) is 17.0 Å². The third-order valence-corrected chi connectivity index (χ3v) is 11.7. The first-order valence-corrected chi connectivity index (χ1v) is 21.0. The minimum absolute atomic E-state index is 0.0610. The number of piperidine rings is 1. The molecule has 6 aromatic rings. The number of ether oxygens (including phenoxy) is 1. The molecule has 2 amide bonds. The maximum absolute atomic E-state index is 14.1. The Labute approximate surface area is 360 Å². The largest absolute Gasteiger partial charge is 0.506 e. The molecule has 12 heteroatoms. The molecule has 0 aliphatic carbocycles. The Kier molecular flexibility index (Phi) is 14.1. The van der Waals surface area contributed by atoms with Gasteiger partial charge in [0.1, 0.15) is 18.1 Å². The van der Waals surface area contributed by atoms with Crippen molar-refractivity contribution in [1.29, 1.82) is 0 Å². The van der Waals surface area contributed by atoms with E-state index < -0.39 is 17.5 Å². The zero-order chi connectivity index (χ0) is 43.5. The van der Waals surface area contributed by atoms with Gasteiger partial charge in [0.05, 0.1) is 29.9 Å². The van der Waals surface area contributed by atoms with Gasteiger partial charge in [0.15, 0.2) is 0 Å². The Hall–Kier alpha value is -6.76. The third-order valence-electron chi connectivity index (χ3n) is 11.7. The van der Waals surface area contributed by atoms with Gasteiger partial charge < -0.3 is 40.2 Å². The van der Waals surface area contributed by atoms with Gasteiger partial charge >= 0.3 is 5.97 Å². The smallest absolute Gasteiger partial charge is 0.314 e. The standard InChI is InChI=1S/C50H52N4O8/c55-42-22-20-40(41-21-23-45(57)52-48(41)42)43(56)32-51-26-9-27-54(33-38-12-7-8-15-44(38)62-34-37-10-3-1-4-11-37)47(59)31-36-18-16-35(17-19-36)30-46(58)53-28-24-50(25-29-53,49(60)61)39-13-5-2-6-14-39/h1-8,10-23,43,51,55-56H,9,24-34H2,(H,52,57)(H,60,61)/t43-/m0/s1. The number of nitrogens with one attached hydrogen (secondary N) is 2. The lowest BCUT2D eigenvalue weighted by Crippen LogP contribution is -2.49. The molecule has 1 atom stereocenters. The summed E-state index contributed by atoms with van der Waals surface area (Å²) in [5, 5.41) is 35.3. The average molecular weight is 837 g/mol. The van der Waals surface area contributed by atoms with Crippen LogP contribution in [0.15, 0.2) is 138 Å². The Bertz CT molecular complexity index is 2520. The molecule has 0 saturated carbocycles. The maximum Gasteiger partial charge on any atom is 0.314 e. The van der Waals surface area contributed by atoms with Crippen molar-refractivity contribution in [3.63, 3.8) is 0 Å². The highest BCUT2D eigenvalue weighted by molar-refractivity contribution is 5.87. The fraction of sp³-hybridized carbons (Fsp3) is 0.280. The fourth-order valence-corrected chi connectivity index (χ4v) is 8.17. The number of aliphatic hydroxyl groups is 1. The number of likely N-dealkylation sites (tertiary alicyclic amines) is 1. The molecule has 0 spiro atoms. The molecule has 0 bridgehead atoms. The number of carbonyl (C=O) groups excluding carboxylic acids is 2. The van der Waals surface area contributed by atoms with Crippen LogP contribution in [0.4, 0.5) is 0 Å². The normalized spacial score (nSPS) is 14.0. The van der Waals surface area contributed by atoms with Crippen LogP contribution in [0.25, 0.3) is 10.9 Å². The predicted molar refractivity (Wildman–Crippen MR) is 237 cm³/mol. The summed E-state index contributed by atoms with van der Waals surface area (Å²) in [6.45, 7) is 2.56. The van der Waals surface area contributed by atoms with Crippen LogP contribution in [0.5, 0.6) is 11.5 Å². The highest BCUT2D eigenvalue weighted by Crippen LogP contribution is 2.36. The summed E-state index contributed by atoms with van der Waals surface area (Å²) in [5.41, 5.74) is 3.76. The van der Waals surface area contributed by atoms with Gasteiger partial charge in [-0.3, -0.25) is 19.2 Å². The van der Waals surface area contributed by atoms with Gasteiger partial charge in [0.25, 0.3) is 0 Å². The van der Waals surface area contributed by atoms with Crippen molar-refractivity contribution < 1.29 is 34.4 Å². The number of phenols is 1. The molecule has 1 saturated heterocycles. The van der Waals surface area contributed by atoms with Crippen LogP contribution in [0.3, 0.4) is 0 Å². The highest BCUT2D eigenvalue weighted by atomic mass is 16.5. The van der Waals surface area contributed by atoms with Gasteiger partial charge in [-0.15, -0.1) is 0 Å². The van der Waals surface area contributed by atoms with Gasteiger partial charge in [-0.2, -0.15) is 0 Å². The molecule has 320 valence electrons. The number of aromatic amines is 1. The van der Waals surface area contributed by atoms with Crippen molar-refractivity contribution >= 4 is 28.7 Å². The van der Waals surface area contributed by atoms with Crippen LogP contribution in [0, 0.1) is 0 Å². The van der Waals surface area contributed by atoms with Crippen LogP contribution in [0.2, 0.25) is 0 Å². The number of nitrogens with zero attached hydrogens (tertiary/aromatic N) is 2. The maximum atomic E-state index is 14.1. The summed E-state index contributed by atoms with van der Waals surface area (Å²) in [6.07, 6.45) is 0.689. The van der Waals surface area contributed by atoms with E-state index in [0.717, 1.165) is 27.8 Å². The second-order valence-electron chi connectivity index (χ2n) is 15.9. The second kappa shape index (κ2) is 20.2. The van der Waals surface area contributed by atoms with Crippen LogP contribution >= 0.6 is 0 Å². The number of hydrogen-bond acceptors (Lipinski definition) is 8. The molecule has 5 aromatic carbocycles. The van der Waals surface area contributed by atoms with Gasteiger partial charge in [-0.1, -0.05) is 109 Å². The Morgan fingerprint density at radius 1 is 0.790 bits per heavy atom. The first-order chi connectivity index (χ1) is 30.1. The monoisotopic (exact) mass is 836 g/mol. The number of carboxylic acid groups (broad SMARTS) is 1. The Morgan fingerprint density at radius 2 is 1.45 bits per heavy atom. The molecule has 62 heavy (non-hydrogen) atoms. The van der Waals surface area contributed by atoms with Crippen molar-refractivity contribution in [2.75, 3.05) is 32.7 Å². The molecule has 1 aromatic heterocycles. The van der Waals surface area contributed by atoms with Crippen molar-refractivity contribution in [1.82, 2.24) is 20.1 Å². The number of amides is 2. The zero-order valence-electron chi connectivity index (χ0n) is 34.5. The van der Waals surface area contributed by atoms with Crippen molar-refractivity contribution in [3.05, 3.63) is 177 Å². The molecule has 7 rings (SSSR count). The SMILES string of the molecule is O=C(Cc1ccc(CC(=O)N(CCCNC[C@H](O)c2ccc(O)c3[nH]c(=O)ccc23)Cc2ccccc2OCc2ccccc2)cc1)N1CCC(C(=O)O)(c2ccccc2)CC1. The fourth-order valence-electron chi connectivity index (χ4n) is 8.17. The highest BCUT2D eigenvalue weighted by Gasteiger charge is 2.43. The number of phenolic OH excluding ortho intramolecular Hbond substituents is 1. The molecule has 2 heterocycles. The molecular formula is C50H52N4O8. The van der Waals surface area contributed by atoms with E-state index >= 15 is 0 Å². The molecule has 0 radical (unpaired) electrons. The van der Waals surface area contributed by atoms with Crippen LogP contribution < -0.4 is 15.6 Å². The zero-order valence-corrected chi connectivity index (χ0v) is 34.5. The summed E-state index contributed by atoms with van der Waals surface area (Å²) >= 11 is 0. The van der Waals surface area contributed by atoms with Crippen LogP contribution in [-0.4, -0.2) is 80.6 Å². The number of carbonyl (C=O) groups is 3. The minimum atomic E-state index is -1.01. The molecular weight excluding hydrogens is 785 g/mol. The number of aromatic hydroxyl groups is 1. The number of aliphatic carboxylic acids is 1. The lowest BCUT2D eigenvalue weighted by Gasteiger charge is -2.39. The summed E-state index contributed by atoms with van der Waals surface area (Å²) in [4.78, 5) is 57.9. The van der Waals surface area contributed by atoms with Gasteiger partial charge in [0, 0.05) is 49.7 Å². The van der Waals surface area contributed by atoms with Crippen molar-refractivity contribution in [2.24, 2.45) is 0 Å². The number of pyridine rings is 1. The number of carboxylic acids is 1. The van der Waals surface area contributed by atoms with E-state index in [0.29, 0.717) is 75.3 Å². The lowest BCUT2D eigenvalue weighted by atomic mass is 9.73. The number of benzene rings is 5. The minimum Gasteiger partial charge on any atom is -0.506 e. The number of para-hydroxylation sites is 1. The first-order valence-electron chi connectivity index (χ1n) is 21.0. The summed E-state index contributed by atoms with van der Waals surface area (Å²) in [6, 6.07) is 40.3. The van der Waals surface area contributed by atoms with E-state index in [9.17, 15) is 34.5 Å². The summed E-state index contributed by atoms with van der Waals surface area (Å²) in [5.74, 6) is -0.393. The van der Waals surface area contributed by atoms with Gasteiger partial charge in [0.2, 0.25) is 17.4 Å². The van der Waals surface area contributed by atoms with E-state index in [1.165, 1.54) is 12.1 Å². The van der Waals surface area contributed by atoms with E-state index in [2.05, 4.69) is 10.3 Å². The molecule has 1 aliphatic heterocycles. The van der Waals surface area contributed by atoms with Gasteiger partial charge in [-0.25, -0.2) is 0 Å². The van der Waals surface area contributed by atoms with Crippen LogP contribution in [0.1, 0.15) is 58.7 Å². The molecule has 1 aliphatic rings. The summed E-state index contributed by atoms with van der Waals surface area (Å²) < 4.78 is 6.24. The second-order valence-corrected chi connectivity index (χ2v) is 15.9. The average Bonchev–Trinajstić information content (AvgIpc) is 3.29. The number of aliphatic hydroxyl groups excluding tert-OH is 1. The van der Waals surface area contributed by atoms with E-state index in [-0.39, 0.29) is 48.0 Å². The predicted octanol–water partition coefficient (Wildman–Crippen LogP) is 6.28.